The third-order valence-electron chi connectivity index (χ3n) is 8.85. The molecule has 0 aromatic heterocycles. The van der Waals surface area contributed by atoms with Crippen LogP contribution in [0.5, 0.6) is 11.5 Å². The molecule has 0 unspecified atom stereocenters. The number of aryl methyl sites for hydroxylation is 1. The number of phenols is 2. The van der Waals surface area contributed by atoms with Gasteiger partial charge in [-0.3, -0.25) is 10.0 Å². The normalized spacial score (nSPS) is 14.7. The lowest BCUT2D eigenvalue weighted by Crippen LogP contribution is -2.38. The van der Waals surface area contributed by atoms with Crippen LogP contribution in [-0.2, 0) is 14.8 Å². The number of ether oxygens (including phenoxy) is 1. The number of nitrogens with one attached hydrogen (secondary N) is 3. The van der Waals surface area contributed by atoms with Gasteiger partial charge in [0.2, 0.25) is 10.0 Å². The number of amides is 1. The summed E-state index contributed by atoms with van der Waals surface area (Å²) in [6.45, 7) is 5.97. The van der Waals surface area contributed by atoms with Crippen LogP contribution in [0.1, 0.15) is 75.0 Å². The van der Waals surface area contributed by atoms with Crippen LogP contribution in [0.15, 0.2) is 54.6 Å². The first kappa shape index (κ1) is 39.2. The highest BCUT2D eigenvalue weighted by atomic mass is 35.5. The monoisotopic (exact) mass is 730 g/mol. The van der Waals surface area contributed by atoms with E-state index in [2.05, 4.69) is 20.3 Å². The molecule has 0 aliphatic carbocycles. The number of halogens is 1. The second kappa shape index (κ2) is 19.2. The van der Waals surface area contributed by atoms with E-state index >= 15 is 0 Å². The fourth-order valence-electron chi connectivity index (χ4n) is 6.09. The van der Waals surface area contributed by atoms with Crippen LogP contribution in [0.3, 0.4) is 0 Å². The lowest BCUT2D eigenvalue weighted by Gasteiger charge is -2.31. The molecule has 13 heteroatoms. The number of piperidine rings is 1. The summed E-state index contributed by atoms with van der Waals surface area (Å²) in [5.74, 6) is -0.184. The van der Waals surface area contributed by atoms with Crippen LogP contribution in [0.2, 0.25) is 5.02 Å². The Morgan fingerprint density at radius 2 is 1.60 bits per heavy atom. The van der Waals surface area contributed by atoms with Crippen molar-refractivity contribution in [3.8, 4) is 22.6 Å². The largest absolute Gasteiger partial charge is 0.506 e. The minimum atomic E-state index is -3.54. The van der Waals surface area contributed by atoms with E-state index in [9.17, 15) is 28.5 Å². The highest BCUT2D eigenvalue weighted by molar-refractivity contribution is 7.92. The average molecular weight is 731 g/mol. The van der Waals surface area contributed by atoms with Gasteiger partial charge in [0.05, 0.1) is 28.8 Å². The van der Waals surface area contributed by atoms with Gasteiger partial charge < -0.3 is 30.3 Å². The lowest BCUT2D eigenvalue weighted by atomic mass is 10.0. The Morgan fingerprint density at radius 3 is 2.30 bits per heavy atom. The van der Waals surface area contributed by atoms with Gasteiger partial charge in [0.25, 0.3) is 0 Å². The number of unbranched alkanes of at least 4 members (excludes halogenated alkanes) is 6. The van der Waals surface area contributed by atoms with Crippen molar-refractivity contribution in [3.63, 3.8) is 0 Å². The van der Waals surface area contributed by atoms with E-state index in [1.165, 1.54) is 43.9 Å². The molecule has 0 spiro atoms. The Kier molecular flexibility index (Phi) is 15.0. The number of aromatic hydroxyl groups is 2. The molecule has 1 saturated heterocycles. The Labute approximate surface area is 301 Å². The van der Waals surface area contributed by atoms with Gasteiger partial charge in [-0.15, -0.1) is 0 Å². The maximum atomic E-state index is 12.8. The molecule has 1 heterocycles. The van der Waals surface area contributed by atoms with Crippen molar-refractivity contribution >= 4 is 39.1 Å². The van der Waals surface area contributed by atoms with Crippen molar-refractivity contribution in [2.45, 2.75) is 76.9 Å². The summed E-state index contributed by atoms with van der Waals surface area (Å²) >= 11 is 6.13. The van der Waals surface area contributed by atoms with Crippen LogP contribution in [0.25, 0.3) is 11.1 Å². The topological polar surface area (TPSA) is 160 Å². The number of anilines is 2. The zero-order valence-electron chi connectivity index (χ0n) is 29.0. The first-order valence-corrected chi connectivity index (χ1v) is 19.6. The number of aliphatic hydroxyl groups is 1. The number of benzene rings is 3. The summed E-state index contributed by atoms with van der Waals surface area (Å²) in [6, 6.07) is 15.1. The number of phenolic OH excluding ortho intramolecular Hbond substituents is 2. The van der Waals surface area contributed by atoms with Crippen LogP contribution in [-0.4, -0.2) is 79.8 Å². The molecule has 1 fully saturated rings. The number of sulfonamides is 1. The second-order valence-corrected chi connectivity index (χ2v) is 15.3. The molecule has 274 valence electrons. The Bertz CT molecular complexity index is 1670. The van der Waals surface area contributed by atoms with Gasteiger partial charge >= 0.3 is 6.09 Å². The van der Waals surface area contributed by atoms with E-state index in [-0.39, 0.29) is 28.3 Å². The van der Waals surface area contributed by atoms with E-state index in [4.69, 9.17) is 16.3 Å². The van der Waals surface area contributed by atoms with Gasteiger partial charge in [0.1, 0.15) is 17.6 Å². The van der Waals surface area contributed by atoms with Gasteiger partial charge in [-0.1, -0.05) is 67.5 Å². The third-order valence-corrected chi connectivity index (χ3v) is 9.74. The number of aliphatic hydroxyl groups excluding tert-OH is 1. The van der Waals surface area contributed by atoms with Gasteiger partial charge in [-0.25, -0.2) is 13.2 Å². The van der Waals surface area contributed by atoms with Crippen molar-refractivity contribution in [2.24, 2.45) is 0 Å². The Hall–Kier alpha value is -3.55. The molecule has 11 nitrogen and oxygen atoms in total. The van der Waals surface area contributed by atoms with E-state index in [0.717, 1.165) is 81.2 Å². The molecular weight excluding hydrogens is 680 g/mol. The van der Waals surface area contributed by atoms with Crippen LogP contribution >= 0.6 is 11.6 Å². The van der Waals surface area contributed by atoms with E-state index in [1.54, 1.807) is 18.2 Å². The number of carbonyl (C=O) groups excluding carboxylic acids is 1. The Morgan fingerprint density at radius 1 is 0.920 bits per heavy atom. The number of hydrogen-bond acceptors (Lipinski definition) is 9. The van der Waals surface area contributed by atoms with Gasteiger partial charge in [-0.05, 0) is 93.2 Å². The molecule has 0 saturated carbocycles. The fraction of sp³-hybridized carbons (Fsp3) is 0.486. The summed E-state index contributed by atoms with van der Waals surface area (Å²) in [7, 11) is -3.54. The molecule has 50 heavy (non-hydrogen) atoms. The summed E-state index contributed by atoms with van der Waals surface area (Å²) in [6.07, 6.45) is 9.25. The highest BCUT2D eigenvalue weighted by Crippen LogP contribution is 2.34. The van der Waals surface area contributed by atoms with Gasteiger partial charge in [0, 0.05) is 25.2 Å². The smallest absolute Gasteiger partial charge is 0.411 e. The van der Waals surface area contributed by atoms with Crippen LogP contribution < -0.4 is 15.4 Å². The fourth-order valence-corrected chi connectivity index (χ4v) is 6.83. The molecule has 0 radical (unpaired) electrons. The van der Waals surface area contributed by atoms with Gasteiger partial charge in [-0.2, -0.15) is 0 Å². The zero-order chi connectivity index (χ0) is 36.1. The first-order chi connectivity index (χ1) is 23.9. The molecule has 0 bridgehead atoms. The Balaban J connectivity index is 1.02. The molecule has 3 aromatic carbocycles. The van der Waals surface area contributed by atoms with E-state index in [1.807, 2.05) is 25.1 Å². The average Bonchev–Trinajstić information content (AvgIpc) is 3.06. The second-order valence-electron chi connectivity index (χ2n) is 13.1. The van der Waals surface area contributed by atoms with Crippen molar-refractivity contribution in [3.05, 3.63) is 70.7 Å². The van der Waals surface area contributed by atoms with Crippen LogP contribution in [0, 0.1) is 6.92 Å². The number of likely N-dealkylation sites (tertiary alicyclic amines) is 1. The molecule has 3 aromatic rings. The molecule has 6 N–H and O–H groups in total. The summed E-state index contributed by atoms with van der Waals surface area (Å²) in [5.41, 5.74) is 3.83. The SMILES string of the molecule is Cc1ccc(NC(=O)OC2CCN(CCCCCCCCCNC[C@H](O)c3ccc(O)c(NS(C)(=O)=O)c3)CC2)c(-c2ccc(O)c(Cl)c2)c1. The van der Waals surface area contributed by atoms with Gasteiger partial charge in [0.15, 0.2) is 0 Å². The number of hydrogen-bond donors (Lipinski definition) is 6. The quantitative estimate of drug-likeness (QED) is 0.0589. The van der Waals surface area contributed by atoms with Crippen molar-refractivity contribution in [2.75, 3.05) is 49.0 Å². The number of rotatable bonds is 18. The lowest BCUT2D eigenvalue weighted by molar-refractivity contribution is 0.0584. The first-order valence-electron chi connectivity index (χ1n) is 17.4. The highest BCUT2D eigenvalue weighted by Gasteiger charge is 2.23. The predicted molar refractivity (Wildman–Crippen MR) is 200 cm³/mol. The third kappa shape index (κ3) is 13.0. The minimum Gasteiger partial charge on any atom is -0.506 e. The summed E-state index contributed by atoms with van der Waals surface area (Å²) < 4.78 is 31.0. The maximum absolute atomic E-state index is 12.8. The summed E-state index contributed by atoms with van der Waals surface area (Å²) in [5, 5.41) is 36.5. The van der Waals surface area contributed by atoms with Crippen molar-refractivity contribution < 1.29 is 33.3 Å². The van der Waals surface area contributed by atoms with E-state index in [0.29, 0.717) is 17.8 Å². The molecule has 1 atom stereocenters. The van der Waals surface area contributed by atoms with E-state index < -0.39 is 22.2 Å². The molecule has 1 aliphatic heterocycles. The van der Waals surface area contributed by atoms with Crippen molar-refractivity contribution in [1.29, 1.82) is 0 Å². The molecule has 1 aliphatic rings. The zero-order valence-corrected chi connectivity index (χ0v) is 30.5. The number of carbonyl (C=O) groups is 1. The van der Waals surface area contributed by atoms with Crippen LogP contribution in [0.4, 0.5) is 16.2 Å². The number of nitrogens with zero attached hydrogens (tertiary/aromatic N) is 1. The molecule has 4 rings (SSSR count). The minimum absolute atomic E-state index is 0.00880. The predicted octanol–water partition coefficient (Wildman–Crippen LogP) is 7.16. The standard InChI is InChI=1S/C37H51ClN4O7S/c1-26-10-13-32(30(22-26)27-11-14-34(43)31(38)23-27)40-37(46)49-29-16-20-42(21-17-29)19-9-7-5-3-4-6-8-18-39-25-36(45)28-12-15-35(44)33(24-28)41-50(2,47)48/h10-15,22-24,29,36,39,41,43-45H,3-9,16-21,25H2,1-2H3,(H,40,46)/t36-/m0/s1. The molecular formula is C37H51ClN4O7S. The maximum Gasteiger partial charge on any atom is 0.411 e. The summed E-state index contributed by atoms with van der Waals surface area (Å²) in [4.78, 5) is 15.3. The molecule has 1 amide bonds. The van der Waals surface area contributed by atoms with Crippen molar-refractivity contribution in [1.82, 2.24) is 10.2 Å².